The summed E-state index contributed by atoms with van der Waals surface area (Å²) in [6.07, 6.45) is 19.7. The van der Waals surface area contributed by atoms with Gasteiger partial charge in [0.25, 0.3) is 0 Å². The molecule has 2 heteroatoms. The van der Waals surface area contributed by atoms with E-state index in [2.05, 4.69) is 0 Å². The highest BCUT2D eigenvalue weighted by Crippen LogP contribution is 2.67. The molecule has 0 saturated heterocycles. The zero-order valence-corrected chi connectivity index (χ0v) is 14.4. The summed E-state index contributed by atoms with van der Waals surface area (Å²) >= 11 is 0. The van der Waals surface area contributed by atoms with Crippen molar-refractivity contribution in [3.8, 4) is 0 Å². The van der Waals surface area contributed by atoms with Gasteiger partial charge in [0.2, 0.25) is 0 Å². The van der Waals surface area contributed by atoms with Crippen LogP contribution in [0.3, 0.4) is 0 Å². The summed E-state index contributed by atoms with van der Waals surface area (Å²) in [5.74, 6) is 0. The van der Waals surface area contributed by atoms with Crippen molar-refractivity contribution in [3.05, 3.63) is 0 Å². The van der Waals surface area contributed by atoms with Crippen LogP contribution in [0.15, 0.2) is 0 Å². The second kappa shape index (κ2) is 7.21. The number of aliphatic hydroxyl groups is 2. The number of hydrogen-bond donors (Lipinski definition) is 2. The van der Waals surface area contributed by atoms with Crippen molar-refractivity contribution in [3.63, 3.8) is 0 Å². The van der Waals surface area contributed by atoms with Crippen molar-refractivity contribution < 1.29 is 10.2 Å². The fourth-order valence-corrected chi connectivity index (χ4v) is 6.22. The highest BCUT2D eigenvalue weighted by Gasteiger charge is 2.63. The minimum absolute atomic E-state index is 0.0521. The maximum absolute atomic E-state index is 10.8. The van der Waals surface area contributed by atoms with Crippen molar-refractivity contribution >= 4 is 0 Å². The third-order valence-electron chi connectivity index (χ3n) is 7.34. The highest BCUT2D eigenvalue weighted by atomic mass is 16.3. The molecule has 3 fully saturated rings. The predicted molar refractivity (Wildman–Crippen MR) is 90.8 cm³/mol. The van der Waals surface area contributed by atoms with Crippen molar-refractivity contribution in [2.75, 3.05) is 0 Å². The van der Waals surface area contributed by atoms with Gasteiger partial charge in [-0.1, -0.05) is 64.2 Å². The molecular weight excluding hydrogens is 272 g/mol. The van der Waals surface area contributed by atoms with Crippen LogP contribution in [0.5, 0.6) is 0 Å². The Kier molecular flexibility index (Phi) is 5.50. The quantitative estimate of drug-likeness (QED) is 0.664. The minimum atomic E-state index is -0.161. The summed E-state index contributed by atoms with van der Waals surface area (Å²) in [4.78, 5) is 0. The van der Waals surface area contributed by atoms with E-state index < -0.39 is 0 Å². The molecule has 0 amide bonds. The van der Waals surface area contributed by atoms with Crippen molar-refractivity contribution in [2.24, 2.45) is 10.8 Å². The van der Waals surface area contributed by atoms with E-state index in [9.17, 15) is 10.2 Å². The van der Waals surface area contributed by atoms with Gasteiger partial charge < -0.3 is 10.2 Å². The van der Waals surface area contributed by atoms with E-state index in [4.69, 9.17) is 0 Å². The van der Waals surface area contributed by atoms with Gasteiger partial charge in [0.1, 0.15) is 0 Å². The lowest BCUT2D eigenvalue weighted by molar-refractivity contribution is -0.0211. The maximum Gasteiger partial charge on any atom is 0.0602 e. The lowest BCUT2D eigenvalue weighted by Gasteiger charge is -2.43. The van der Waals surface area contributed by atoms with E-state index in [0.717, 1.165) is 32.1 Å². The summed E-state index contributed by atoms with van der Waals surface area (Å²) < 4.78 is 0. The summed E-state index contributed by atoms with van der Waals surface area (Å²) in [7, 11) is 0. The molecule has 0 heterocycles. The van der Waals surface area contributed by atoms with Crippen LogP contribution in [0.4, 0.5) is 0 Å². The molecule has 3 saturated carbocycles. The topological polar surface area (TPSA) is 40.5 Å². The van der Waals surface area contributed by atoms with E-state index in [-0.39, 0.29) is 23.0 Å². The molecule has 2 nitrogen and oxygen atoms in total. The predicted octanol–water partition coefficient (Wildman–Crippen LogP) is 4.96. The van der Waals surface area contributed by atoms with Crippen LogP contribution in [0.25, 0.3) is 0 Å². The summed E-state index contributed by atoms with van der Waals surface area (Å²) in [6, 6.07) is 0. The Morgan fingerprint density at radius 1 is 0.591 bits per heavy atom. The van der Waals surface area contributed by atoms with Gasteiger partial charge in [-0.3, -0.25) is 0 Å². The van der Waals surface area contributed by atoms with Crippen LogP contribution in [0.1, 0.15) is 103 Å². The SMILES string of the molecule is O[C@@H]1CC23CCCCCCCCCCCCC2(C1)[C@@H](O)CC3. The Bertz CT molecular complexity index is 356. The van der Waals surface area contributed by atoms with Gasteiger partial charge in [-0.05, 0) is 43.9 Å². The Labute approximate surface area is 136 Å². The van der Waals surface area contributed by atoms with Crippen LogP contribution in [-0.2, 0) is 0 Å². The Hall–Kier alpha value is -0.0800. The standard InChI is InChI=1S/C20H36O2/c21-17-15-19-12-9-7-5-3-1-2-4-6-8-10-13-20(19,16-17)18(22)11-14-19/h17-18,21-22H,1-16H2/t17-,18+,19?,20?/m1/s1. The Morgan fingerprint density at radius 3 is 1.77 bits per heavy atom. The molecule has 0 bridgehead atoms. The fraction of sp³-hybridized carbons (Fsp3) is 1.00. The molecule has 128 valence electrons. The summed E-state index contributed by atoms with van der Waals surface area (Å²) in [5.41, 5.74) is 0.312. The largest absolute Gasteiger partial charge is 0.393 e. The van der Waals surface area contributed by atoms with Gasteiger partial charge in [-0.2, -0.15) is 0 Å². The smallest absolute Gasteiger partial charge is 0.0602 e. The lowest BCUT2D eigenvalue weighted by atomic mass is 9.62. The monoisotopic (exact) mass is 308 g/mol. The molecular formula is C20H36O2. The summed E-state index contributed by atoms with van der Waals surface area (Å²) in [5, 5.41) is 21.2. The fourth-order valence-electron chi connectivity index (χ4n) is 6.22. The van der Waals surface area contributed by atoms with Gasteiger partial charge >= 0.3 is 0 Å². The van der Waals surface area contributed by atoms with Gasteiger partial charge in [-0.15, -0.1) is 0 Å². The molecule has 0 aliphatic heterocycles. The molecule has 0 aromatic heterocycles. The zero-order valence-electron chi connectivity index (χ0n) is 14.4. The maximum atomic E-state index is 10.8. The van der Waals surface area contributed by atoms with E-state index in [1.54, 1.807) is 0 Å². The first-order chi connectivity index (χ1) is 10.7. The third kappa shape index (κ3) is 3.11. The number of aliphatic hydroxyl groups excluding tert-OH is 2. The van der Waals surface area contributed by atoms with Gasteiger partial charge in [0, 0.05) is 5.41 Å². The van der Waals surface area contributed by atoms with Gasteiger partial charge in [-0.25, -0.2) is 0 Å². The molecule has 2 unspecified atom stereocenters. The van der Waals surface area contributed by atoms with Crippen LogP contribution in [-0.4, -0.2) is 22.4 Å². The molecule has 3 rings (SSSR count). The van der Waals surface area contributed by atoms with E-state index >= 15 is 0 Å². The van der Waals surface area contributed by atoms with Crippen LogP contribution >= 0.6 is 0 Å². The van der Waals surface area contributed by atoms with E-state index in [0.29, 0.717) is 0 Å². The molecule has 4 atom stereocenters. The number of hydrogen-bond acceptors (Lipinski definition) is 2. The molecule has 2 N–H and O–H groups in total. The first kappa shape index (κ1) is 16.8. The van der Waals surface area contributed by atoms with Crippen LogP contribution < -0.4 is 0 Å². The van der Waals surface area contributed by atoms with Gasteiger partial charge in [0.15, 0.2) is 0 Å². The normalized spacial score (nSPS) is 45.0. The molecule has 22 heavy (non-hydrogen) atoms. The van der Waals surface area contributed by atoms with Crippen molar-refractivity contribution in [2.45, 2.75) is 115 Å². The Morgan fingerprint density at radius 2 is 1.14 bits per heavy atom. The molecule has 3 aliphatic carbocycles. The average Bonchev–Trinajstić information content (AvgIpc) is 2.91. The lowest BCUT2D eigenvalue weighted by Crippen LogP contribution is -2.40. The molecule has 3 aliphatic rings. The average molecular weight is 309 g/mol. The third-order valence-corrected chi connectivity index (χ3v) is 7.34. The van der Waals surface area contributed by atoms with Crippen LogP contribution in [0.2, 0.25) is 0 Å². The second-order valence-electron chi connectivity index (χ2n) is 8.59. The van der Waals surface area contributed by atoms with E-state index in [1.165, 1.54) is 70.6 Å². The summed E-state index contributed by atoms with van der Waals surface area (Å²) in [6.45, 7) is 0. The van der Waals surface area contributed by atoms with Crippen molar-refractivity contribution in [1.82, 2.24) is 0 Å². The molecule has 0 aromatic rings. The number of rotatable bonds is 0. The van der Waals surface area contributed by atoms with E-state index in [1.807, 2.05) is 0 Å². The molecule has 0 spiro atoms. The van der Waals surface area contributed by atoms with Gasteiger partial charge in [0.05, 0.1) is 12.2 Å². The van der Waals surface area contributed by atoms with Crippen molar-refractivity contribution in [1.29, 1.82) is 0 Å². The van der Waals surface area contributed by atoms with Crippen LogP contribution in [0, 0.1) is 10.8 Å². The zero-order chi connectivity index (χ0) is 15.5. The first-order valence-corrected chi connectivity index (χ1v) is 10.0. The molecule has 0 radical (unpaired) electrons. The highest BCUT2D eigenvalue weighted by molar-refractivity contribution is 5.13. The minimum Gasteiger partial charge on any atom is -0.393 e. The second-order valence-corrected chi connectivity index (χ2v) is 8.59. The first-order valence-electron chi connectivity index (χ1n) is 10.0. The Balaban J connectivity index is 1.73. The molecule has 0 aromatic carbocycles.